The maximum atomic E-state index is 12.5. The minimum absolute atomic E-state index is 0.0652. The lowest BCUT2D eigenvalue weighted by Crippen LogP contribution is -2.29. The van der Waals surface area contributed by atoms with E-state index in [1.165, 1.54) is 40.3 Å². The third kappa shape index (κ3) is 4.90. The molecule has 0 unspecified atom stereocenters. The lowest BCUT2D eigenvalue weighted by molar-refractivity contribution is 0.0958. The van der Waals surface area contributed by atoms with Gasteiger partial charge in [-0.15, -0.1) is 11.3 Å². The van der Waals surface area contributed by atoms with Gasteiger partial charge < -0.3 is 5.32 Å². The molecule has 0 atom stereocenters. The van der Waals surface area contributed by atoms with E-state index in [2.05, 4.69) is 11.4 Å². The number of fused-ring (bicyclic) bond motifs is 1. The minimum atomic E-state index is -3.32. The summed E-state index contributed by atoms with van der Waals surface area (Å²) in [5.74, 6) is -0.0652. The summed E-state index contributed by atoms with van der Waals surface area (Å²) in [6.07, 6.45) is 9.25. The van der Waals surface area contributed by atoms with Gasteiger partial charge in [-0.3, -0.25) is 9.10 Å². The Morgan fingerprint density at radius 2 is 2.07 bits per heavy atom. The van der Waals surface area contributed by atoms with Crippen molar-refractivity contribution in [1.29, 1.82) is 0 Å². The van der Waals surface area contributed by atoms with E-state index in [9.17, 15) is 13.2 Å². The minimum Gasteiger partial charge on any atom is -0.351 e. The fraction of sp³-hybridized carbons (Fsp3) is 0.450. The van der Waals surface area contributed by atoms with Crippen LogP contribution in [0.4, 0.5) is 5.69 Å². The predicted octanol–water partition coefficient (Wildman–Crippen LogP) is 4.31. The van der Waals surface area contributed by atoms with Crippen molar-refractivity contribution >= 4 is 43.0 Å². The molecule has 5 nitrogen and oxygen atoms in total. The molecule has 2 aromatic rings. The molecule has 1 N–H and O–H groups in total. The van der Waals surface area contributed by atoms with Gasteiger partial charge in [-0.1, -0.05) is 11.6 Å². The number of hydrogen-bond acceptors (Lipinski definition) is 4. The molecule has 7 heteroatoms. The molecule has 146 valence electrons. The van der Waals surface area contributed by atoms with Crippen molar-refractivity contribution in [2.75, 3.05) is 23.7 Å². The number of carbonyl (C=O) groups is 1. The molecule has 1 aliphatic rings. The summed E-state index contributed by atoms with van der Waals surface area (Å²) in [5.41, 5.74) is 2.07. The second-order valence-corrected chi connectivity index (χ2v) is 9.87. The molecule has 3 rings (SSSR count). The van der Waals surface area contributed by atoms with E-state index in [1.54, 1.807) is 13.0 Å². The van der Waals surface area contributed by atoms with E-state index >= 15 is 0 Å². The lowest BCUT2D eigenvalue weighted by atomic mass is 9.97. The Morgan fingerprint density at radius 1 is 1.26 bits per heavy atom. The topological polar surface area (TPSA) is 66.5 Å². The normalized spacial score (nSPS) is 14.8. The zero-order valence-corrected chi connectivity index (χ0v) is 17.5. The summed E-state index contributed by atoms with van der Waals surface area (Å²) in [7, 11) is -3.32. The molecular formula is C20H26N2O3S2. The van der Waals surface area contributed by atoms with Gasteiger partial charge in [0, 0.05) is 17.8 Å². The molecule has 1 aromatic carbocycles. The van der Waals surface area contributed by atoms with Crippen LogP contribution < -0.4 is 9.62 Å². The van der Waals surface area contributed by atoms with Crippen molar-refractivity contribution in [3.63, 3.8) is 0 Å². The Hall–Kier alpha value is -1.86. The fourth-order valence-electron chi connectivity index (χ4n) is 3.46. The quantitative estimate of drug-likeness (QED) is 0.697. The van der Waals surface area contributed by atoms with Gasteiger partial charge in [0.1, 0.15) is 0 Å². The van der Waals surface area contributed by atoms with E-state index < -0.39 is 10.0 Å². The summed E-state index contributed by atoms with van der Waals surface area (Å²) in [6.45, 7) is 2.83. The van der Waals surface area contributed by atoms with Crippen LogP contribution in [0.2, 0.25) is 0 Å². The number of benzene rings is 1. The summed E-state index contributed by atoms with van der Waals surface area (Å²) in [6, 6.07) is 7.35. The number of amides is 1. The van der Waals surface area contributed by atoms with Crippen LogP contribution in [0.25, 0.3) is 10.1 Å². The highest BCUT2D eigenvalue weighted by molar-refractivity contribution is 7.92. The Morgan fingerprint density at radius 3 is 2.74 bits per heavy atom. The number of thiophene rings is 1. The van der Waals surface area contributed by atoms with Gasteiger partial charge in [0.2, 0.25) is 10.0 Å². The number of sulfonamides is 1. The van der Waals surface area contributed by atoms with Crippen molar-refractivity contribution in [3.05, 3.63) is 40.8 Å². The molecule has 0 aliphatic heterocycles. The highest BCUT2D eigenvalue weighted by Gasteiger charge is 2.17. The van der Waals surface area contributed by atoms with E-state index in [0.29, 0.717) is 23.7 Å². The highest BCUT2D eigenvalue weighted by atomic mass is 32.2. The van der Waals surface area contributed by atoms with Gasteiger partial charge in [-0.2, -0.15) is 0 Å². The van der Waals surface area contributed by atoms with E-state index in [4.69, 9.17) is 0 Å². The van der Waals surface area contributed by atoms with Gasteiger partial charge in [-0.25, -0.2) is 8.42 Å². The summed E-state index contributed by atoms with van der Waals surface area (Å²) in [4.78, 5) is 13.1. The van der Waals surface area contributed by atoms with Crippen LogP contribution in [0, 0.1) is 0 Å². The van der Waals surface area contributed by atoms with Crippen LogP contribution in [0.5, 0.6) is 0 Å². The molecular weight excluding hydrogens is 380 g/mol. The average Bonchev–Trinajstić information content (AvgIpc) is 3.05. The molecule has 1 aliphatic carbocycles. The van der Waals surface area contributed by atoms with E-state index in [0.717, 1.165) is 29.3 Å². The van der Waals surface area contributed by atoms with Gasteiger partial charge in [0.05, 0.1) is 16.8 Å². The molecule has 1 heterocycles. The number of nitrogens with zero attached hydrogens (tertiary/aromatic N) is 1. The molecule has 1 aromatic heterocycles. The van der Waals surface area contributed by atoms with Gasteiger partial charge in [-0.05, 0) is 68.7 Å². The number of anilines is 1. The number of rotatable bonds is 7. The van der Waals surface area contributed by atoms with Gasteiger partial charge in [0.15, 0.2) is 0 Å². The van der Waals surface area contributed by atoms with Crippen LogP contribution in [0.1, 0.15) is 48.7 Å². The Bertz CT molecular complexity index is 961. The summed E-state index contributed by atoms with van der Waals surface area (Å²) in [5, 5.41) is 3.89. The van der Waals surface area contributed by atoms with Crippen LogP contribution in [-0.4, -0.2) is 33.7 Å². The first-order valence-corrected chi connectivity index (χ1v) is 12.0. The summed E-state index contributed by atoms with van der Waals surface area (Å²) >= 11 is 1.43. The van der Waals surface area contributed by atoms with Crippen LogP contribution in [0.15, 0.2) is 35.9 Å². The zero-order valence-electron chi connectivity index (χ0n) is 15.8. The van der Waals surface area contributed by atoms with Gasteiger partial charge in [0.25, 0.3) is 5.91 Å². The zero-order chi connectivity index (χ0) is 19.4. The Kier molecular flexibility index (Phi) is 6.22. The molecule has 0 saturated carbocycles. The molecule has 0 saturated heterocycles. The van der Waals surface area contributed by atoms with Crippen molar-refractivity contribution in [2.45, 2.75) is 39.0 Å². The molecule has 0 bridgehead atoms. The van der Waals surface area contributed by atoms with Crippen molar-refractivity contribution < 1.29 is 13.2 Å². The Balaban J connectivity index is 1.70. The molecule has 1 amide bonds. The molecule has 0 fully saturated rings. The predicted molar refractivity (Wildman–Crippen MR) is 113 cm³/mol. The first-order chi connectivity index (χ1) is 12.9. The molecule has 27 heavy (non-hydrogen) atoms. The third-order valence-electron chi connectivity index (χ3n) is 4.82. The highest BCUT2D eigenvalue weighted by Crippen LogP contribution is 2.30. The average molecular weight is 407 g/mol. The Labute approximate surface area is 165 Å². The van der Waals surface area contributed by atoms with Gasteiger partial charge >= 0.3 is 0 Å². The van der Waals surface area contributed by atoms with Crippen LogP contribution in [-0.2, 0) is 10.0 Å². The standard InChI is InChI=1S/C20H26N2O3S2/c1-3-22(27(2,24)25)17-9-10-18-16(13-17)14-19(26-18)20(23)21-12-11-15-7-5-4-6-8-15/h7,9-10,13-14H,3-6,8,11-12H2,1-2H3,(H,21,23). The SMILES string of the molecule is CCN(c1ccc2sc(C(=O)NCCC3=CCCCC3)cc2c1)S(C)(=O)=O. The third-order valence-corrected chi connectivity index (χ3v) is 7.20. The smallest absolute Gasteiger partial charge is 0.261 e. The maximum absolute atomic E-state index is 12.5. The number of nitrogens with one attached hydrogen (secondary N) is 1. The van der Waals surface area contributed by atoms with E-state index in [-0.39, 0.29) is 5.91 Å². The first-order valence-electron chi connectivity index (χ1n) is 9.36. The van der Waals surface area contributed by atoms with Crippen LogP contribution in [0.3, 0.4) is 0 Å². The van der Waals surface area contributed by atoms with Crippen LogP contribution >= 0.6 is 11.3 Å². The van der Waals surface area contributed by atoms with Crippen molar-refractivity contribution in [2.24, 2.45) is 0 Å². The number of carbonyl (C=O) groups excluding carboxylic acids is 1. The number of allylic oxidation sites excluding steroid dienone is 1. The monoisotopic (exact) mass is 406 g/mol. The lowest BCUT2D eigenvalue weighted by Gasteiger charge is -2.20. The first kappa shape index (κ1) is 19.9. The van der Waals surface area contributed by atoms with Crippen molar-refractivity contribution in [3.8, 4) is 0 Å². The number of hydrogen-bond donors (Lipinski definition) is 1. The molecule has 0 spiro atoms. The fourth-order valence-corrected chi connectivity index (χ4v) is 5.39. The molecule has 0 radical (unpaired) electrons. The second-order valence-electron chi connectivity index (χ2n) is 6.87. The second kappa shape index (κ2) is 8.44. The maximum Gasteiger partial charge on any atom is 0.261 e. The summed E-state index contributed by atoms with van der Waals surface area (Å²) < 4.78 is 26.2. The van der Waals surface area contributed by atoms with E-state index in [1.807, 2.05) is 18.2 Å². The van der Waals surface area contributed by atoms with Crippen molar-refractivity contribution in [1.82, 2.24) is 5.32 Å². The largest absolute Gasteiger partial charge is 0.351 e.